The first-order valence-corrected chi connectivity index (χ1v) is 7.01. The molecule has 5 nitrogen and oxygen atoms in total. The van der Waals surface area contributed by atoms with Gasteiger partial charge in [0, 0.05) is 13.2 Å². The highest BCUT2D eigenvalue weighted by molar-refractivity contribution is 5.97. The summed E-state index contributed by atoms with van der Waals surface area (Å²) in [6.45, 7) is 11.3. The van der Waals surface area contributed by atoms with E-state index in [1.165, 1.54) is 0 Å². The summed E-state index contributed by atoms with van der Waals surface area (Å²) < 4.78 is 5.32. The maximum absolute atomic E-state index is 12.4. The number of ether oxygens (including phenoxy) is 1. The lowest BCUT2D eigenvalue weighted by Gasteiger charge is -2.44. The van der Waals surface area contributed by atoms with Gasteiger partial charge in [0.25, 0.3) is 0 Å². The first-order valence-electron chi connectivity index (χ1n) is 7.01. The molecule has 0 radical (unpaired) electrons. The summed E-state index contributed by atoms with van der Waals surface area (Å²) in [6.07, 6.45) is 0.618. The molecule has 110 valence electrons. The molecular formula is C14H26N2O3. The van der Waals surface area contributed by atoms with E-state index < -0.39 is 12.1 Å². The Kier molecular flexibility index (Phi) is 5.35. The van der Waals surface area contributed by atoms with Crippen molar-refractivity contribution in [2.24, 2.45) is 5.41 Å². The minimum Gasteiger partial charge on any atom is -0.380 e. The van der Waals surface area contributed by atoms with Gasteiger partial charge in [0.1, 0.15) is 12.1 Å². The molecule has 19 heavy (non-hydrogen) atoms. The minimum absolute atomic E-state index is 0.00160. The molecule has 2 unspecified atom stereocenters. The number of amides is 2. The Balaban J connectivity index is 2.91. The highest BCUT2D eigenvalue weighted by Gasteiger charge is 2.45. The number of hydrogen-bond donors (Lipinski definition) is 1. The molecule has 2 amide bonds. The lowest BCUT2D eigenvalue weighted by molar-refractivity contribution is -0.154. The predicted molar refractivity (Wildman–Crippen MR) is 73.7 cm³/mol. The summed E-state index contributed by atoms with van der Waals surface area (Å²) in [5.41, 5.74) is -0.287. The van der Waals surface area contributed by atoms with Crippen LogP contribution < -0.4 is 5.32 Å². The number of piperazine rings is 1. The molecule has 0 aliphatic carbocycles. The van der Waals surface area contributed by atoms with Crippen LogP contribution in [0.25, 0.3) is 0 Å². The minimum atomic E-state index is -0.428. The quantitative estimate of drug-likeness (QED) is 0.763. The van der Waals surface area contributed by atoms with Gasteiger partial charge in [0.2, 0.25) is 11.8 Å². The van der Waals surface area contributed by atoms with Crippen LogP contribution in [0.3, 0.4) is 0 Å². The third kappa shape index (κ3) is 3.69. The van der Waals surface area contributed by atoms with Crippen LogP contribution in [0.5, 0.6) is 0 Å². The summed E-state index contributed by atoms with van der Waals surface area (Å²) in [5, 5.41) is 2.82. The molecule has 0 aromatic rings. The van der Waals surface area contributed by atoms with Gasteiger partial charge < -0.3 is 15.0 Å². The van der Waals surface area contributed by atoms with Crippen molar-refractivity contribution in [3.8, 4) is 0 Å². The molecule has 1 fully saturated rings. The lowest BCUT2D eigenvalue weighted by atomic mass is 9.83. The molecule has 2 atom stereocenters. The number of nitrogens with zero attached hydrogens (tertiary/aromatic N) is 1. The van der Waals surface area contributed by atoms with E-state index in [0.29, 0.717) is 26.2 Å². The van der Waals surface area contributed by atoms with Gasteiger partial charge in [-0.2, -0.15) is 0 Å². The Labute approximate surface area is 115 Å². The molecule has 0 aromatic carbocycles. The van der Waals surface area contributed by atoms with Crippen LogP contribution in [-0.4, -0.2) is 48.6 Å². The topological polar surface area (TPSA) is 58.6 Å². The molecule has 1 rings (SSSR count). The molecule has 1 aliphatic heterocycles. The van der Waals surface area contributed by atoms with Gasteiger partial charge in [-0.15, -0.1) is 0 Å². The fourth-order valence-corrected chi connectivity index (χ4v) is 2.47. The Morgan fingerprint density at radius 2 is 1.89 bits per heavy atom. The fraction of sp³-hybridized carbons (Fsp3) is 0.857. The molecule has 1 aliphatic rings. The normalized spacial score (nSPS) is 24.6. The molecule has 0 bridgehead atoms. The van der Waals surface area contributed by atoms with Crippen molar-refractivity contribution < 1.29 is 14.3 Å². The van der Waals surface area contributed by atoms with E-state index >= 15 is 0 Å². The van der Waals surface area contributed by atoms with Gasteiger partial charge in [-0.05, 0) is 18.8 Å². The highest BCUT2D eigenvalue weighted by atomic mass is 16.5. The third-order valence-corrected chi connectivity index (χ3v) is 3.37. The number of nitrogens with one attached hydrogen (secondary N) is 1. The molecule has 0 spiro atoms. The van der Waals surface area contributed by atoms with Crippen molar-refractivity contribution in [3.05, 3.63) is 0 Å². The number of carbonyl (C=O) groups excluding carboxylic acids is 2. The van der Waals surface area contributed by atoms with Crippen molar-refractivity contribution in [2.45, 2.75) is 53.1 Å². The number of rotatable bonds is 5. The van der Waals surface area contributed by atoms with E-state index in [4.69, 9.17) is 4.74 Å². The Morgan fingerprint density at radius 1 is 1.26 bits per heavy atom. The molecule has 5 heteroatoms. The Hall–Kier alpha value is -1.10. The van der Waals surface area contributed by atoms with Crippen molar-refractivity contribution in [1.29, 1.82) is 0 Å². The molecular weight excluding hydrogens is 244 g/mol. The Bertz CT molecular complexity index is 336. The summed E-state index contributed by atoms with van der Waals surface area (Å²) in [6, 6.07) is -0.823. The van der Waals surface area contributed by atoms with Crippen LogP contribution in [0.15, 0.2) is 0 Å². The predicted octanol–water partition coefficient (Wildman–Crippen LogP) is 1.17. The van der Waals surface area contributed by atoms with Gasteiger partial charge in [-0.1, -0.05) is 27.7 Å². The van der Waals surface area contributed by atoms with Crippen molar-refractivity contribution >= 4 is 11.8 Å². The molecule has 1 saturated heterocycles. The number of hydrogen-bond acceptors (Lipinski definition) is 3. The summed E-state index contributed by atoms with van der Waals surface area (Å²) in [5.74, 6) is -0.0582. The second kappa shape index (κ2) is 6.37. The summed E-state index contributed by atoms with van der Waals surface area (Å²) >= 11 is 0. The maximum Gasteiger partial charge on any atom is 0.245 e. The van der Waals surface area contributed by atoms with E-state index in [0.717, 1.165) is 0 Å². The second-order valence-electron chi connectivity index (χ2n) is 5.97. The molecule has 1 N–H and O–H groups in total. The van der Waals surface area contributed by atoms with Crippen molar-refractivity contribution in [2.75, 3.05) is 19.8 Å². The average molecular weight is 270 g/mol. The van der Waals surface area contributed by atoms with E-state index in [2.05, 4.69) is 5.32 Å². The van der Waals surface area contributed by atoms with Gasteiger partial charge in [0.05, 0.1) is 6.61 Å². The van der Waals surface area contributed by atoms with Gasteiger partial charge in [0.15, 0.2) is 0 Å². The van der Waals surface area contributed by atoms with E-state index in [9.17, 15) is 9.59 Å². The van der Waals surface area contributed by atoms with Crippen LogP contribution in [-0.2, 0) is 14.3 Å². The average Bonchev–Trinajstić information content (AvgIpc) is 2.31. The van der Waals surface area contributed by atoms with Crippen LogP contribution >= 0.6 is 0 Å². The van der Waals surface area contributed by atoms with Gasteiger partial charge >= 0.3 is 0 Å². The van der Waals surface area contributed by atoms with Gasteiger partial charge in [-0.3, -0.25) is 9.59 Å². The highest BCUT2D eigenvalue weighted by Crippen LogP contribution is 2.28. The van der Waals surface area contributed by atoms with E-state index in [1.807, 2.05) is 34.6 Å². The van der Waals surface area contributed by atoms with E-state index in [-0.39, 0.29) is 17.2 Å². The summed E-state index contributed by atoms with van der Waals surface area (Å²) in [7, 11) is 0. The fourth-order valence-electron chi connectivity index (χ4n) is 2.47. The largest absolute Gasteiger partial charge is 0.380 e. The smallest absolute Gasteiger partial charge is 0.245 e. The summed E-state index contributed by atoms with van der Waals surface area (Å²) in [4.78, 5) is 26.3. The first kappa shape index (κ1) is 16.0. The van der Waals surface area contributed by atoms with Crippen LogP contribution in [0.2, 0.25) is 0 Å². The van der Waals surface area contributed by atoms with Crippen LogP contribution in [0, 0.1) is 5.41 Å². The maximum atomic E-state index is 12.4. The zero-order valence-electron chi connectivity index (χ0n) is 12.7. The third-order valence-electron chi connectivity index (χ3n) is 3.37. The Morgan fingerprint density at radius 3 is 2.37 bits per heavy atom. The van der Waals surface area contributed by atoms with Crippen LogP contribution in [0.4, 0.5) is 0 Å². The van der Waals surface area contributed by atoms with Crippen molar-refractivity contribution in [3.63, 3.8) is 0 Å². The molecule has 1 heterocycles. The SMILES string of the molecule is CCOCCN1C(=O)C(CC)NC(=O)C1C(C)(C)C. The monoisotopic (exact) mass is 270 g/mol. The lowest BCUT2D eigenvalue weighted by Crippen LogP contribution is -2.67. The number of carbonyl (C=O) groups is 2. The van der Waals surface area contributed by atoms with Gasteiger partial charge in [-0.25, -0.2) is 0 Å². The van der Waals surface area contributed by atoms with Crippen molar-refractivity contribution in [1.82, 2.24) is 10.2 Å². The molecule has 0 saturated carbocycles. The zero-order chi connectivity index (χ0) is 14.6. The molecule has 0 aromatic heterocycles. The first-order chi connectivity index (χ1) is 8.82. The van der Waals surface area contributed by atoms with E-state index in [1.54, 1.807) is 4.90 Å². The standard InChI is InChI=1S/C14H26N2O3/c1-6-10-13(18)16(8-9-19-7-2)11(12(17)15-10)14(3,4)5/h10-11H,6-9H2,1-5H3,(H,15,17). The second-order valence-corrected chi connectivity index (χ2v) is 5.97. The zero-order valence-corrected chi connectivity index (χ0v) is 12.7. The van der Waals surface area contributed by atoms with Crippen LogP contribution in [0.1, 0.15) is 41.0 Å².